The minimum Gasteiger partial charge on any atom is -0.507 e. The molecule has 3 aliphatic rings. The molecule has 2 fully saturated rings. The van der Waals surface area contributed by atoms with Gasteiger partial charge in [0.15, 0.2) is 17.9 Å². The molecule has 7 atom stereocenters. The van der Waals surface area contributed by atoms with Gasteiger partial charge in [-0.25, -0.2) is 0 Å². The van der Waals surface area contributed by atoms with Crippen LogP contribution in [-0.2, 0) is 14.2 Å². The number of aryl methyl sites for hydroxylation is 1. The minimum atomic E-state index is -0.987. The van der Waals surface area contributed by atoms with E-state index in [2.05, 4.69) is 0 Å². The van der Waals surface area contributed by atoms with Crippen molar-refractivity contribution in [2.45, 2.75) is 82.9 Å². The number of hydrogen-bond acceptors (Lipinski definition) is 10. The fourth-order valence-corrected chi connectivity index (χ4v) is 6.19. The molecule has 0 radical (unpaired) electrons. The summed E-state index contributed by atoms with van der Waals surface area (Å²) < 4.78 is 17.8. The minimum absolute atomic E-state index is 0.0601. The summed E-state index contributed by atoms with van der Waals surface area (Å²) in [4.78, 5) is 27.3. The summed E-state index contributed by atoms with van der Waals surface area (Å²) >= 11 is 0. The number of aliphatic hydroxyl groups excluding tert-OH is 2. The van der Waals surface area contributed by atoms with E-state index in [9.17, 15) is 35.1 Å². The topological polar surface area (TPSA) is 163 Å². The molecule has 2 saturated heterocycles. The normalized spacial score (nSPS) is 29.8. The van der Waals surface area contributed by atoms with E-state index in [1.165, 1.54) is 24.3 Å². The molecule has 0 spiro atoms. The van der Waals surface area contributed by atoms with Gasteiger partial charge in [0.25, 0.3) is 0 Å². The first-order valence-electron chi connectivity index (χ1n) is 13.7. The van der Waals surface area contributed by atoms with Gasteiger partial charge in [0, 0.05) is 40.3 Å². The van der Waals surface area contributed by atoms with Crippen LogP contribution in [0.3, 0.4) is 0 Å². The summed E-state index contributed by atoms with van der Waals surface area (Å²) in [7, 11) is 0. The van der Waals surface area contributed by atoms with Crippen molar-refractivity contribution >= 4 is 22.3 Å². The number of benzene rings is 3. The van der Waals surface area contributed by atoms with Crippen molar-refractivity contribution in [3.8, 4) is 17.2 Å². The molecule has 6 rings (SSSR count). The Morgan fingerprint density at radius 3 is 2.27 bits per heavy atom. The number of carbonyl (C=O) groups excluding carboxylic acids is 2. The standard InChI is InChI=1S/C31H32O10/c1-12-8-18-17(21(33)9-12)10-19-26(30(18)37)29(36)16-5-4-15(28(35)25(16)31(19)38)22-11-23(27(34)14(3)39-22)41-24-7-6-20(32)13(2)40-24/h4-5,8-10,13-14,20,22-24,27,32-35,37H,6-7,11H2,1-3H3/t13-,14-,20-,22-,23-,24-,27-/m1/s1. The van der Waals surface area contributed by atoms with E-state index in [0.29, 0.717) is 18.4 Å². The molecule has 0 aromatic heterocycles. The molecule has 10 heteroatoms. The average molecular weight is 565 g/mol. The number of rotatable bonds is 3. The van der Waals surface area contributed by atoms with Crippen LogP contribution >= 0.6 is 0 Å². The van der Waals surface area contributed by atoms with Crippen molar-refractivity contribution in [2.75, 3.05) is 0 Å². The van der Waals surface area contributed by atoms with Crippen LogP contribution in [0.2, 0.25) is 0 Å². The predicted molar refractivity (Wildman–Crippen MR) is 145 cm³/mol. The second-order valence-corrected chi connectivity index (χ2v) is 11.3. The Kier molecular flexibility index (Phi) is 6.79. The molecule has 3 aromatic carbocycles. The molecule has 41 heavy (non-hydrogen) atoms. The van der Waals surface area contributed by atoms with Crippen LogP contribution in [0.5, 0.6) is 17.2 Å². The third kappa shape index (κ3) is 4.47. The first kappa shape index (κ1) is 27.6. The first-order valence-corrected chi connectivity index (χ1v) is 13.7. The molecule has 3 aromatic rings. The smallest absolute Gasteiger partial charge is 0.198 e. The van der Waals surface area contributed by atoms with Gasteiger partial charge in [0.05, 0.1) is 41.6 Å². The molecule has 0 amide bonds. The summed E-state index contributed by atoms with van der Waals surface area (Å²) in [6.45, 7) is 5.15. The van der Waals surface area contributed by atoms with Gasteiger partial charge < -0.3 is 39.7 Å². The first-order chi connectivity index (χ1) is 19.5. The molecule has 0 bridgehead atoms. The van der Waals surface area contributed by atoms with Crippen LogP contribution in [0.4, 0.5) is 0 Å². The number of aromatic hydroxyl groups is 3. The van der Waals surface area contributed by atoms with Gasteiger partial charge in [-0.2, -0.15) is 0 Å². The number of fused-ring (bicyclic) bond motifs is 3. The van der Waals surface area contributed by atoms with Crippen LogP contribution in [0.15, 0.2) is 30.3 Å². The third-order valence-electron chi connectivity index (χ3n) is 8.47. The lowest BCUT2D eigenvalue weighted by molar-refractivity contribution is -0.272. The number of phenolic OH excluding ortho intramolecular Hbond substituents is 3. The number of phenols is 3. The lowest BCUT2D eigenvalue weighted by Crippen LogP contribution is -2.48. The van der Waals surface area contributed by atoms with Crippen molar-refractivity contribution in [1.29, 1.82) is 0 Å². The predicted octanol–water partition coefficient (Wildman–Crippen LogP) is 3.52. The zero-order valence-electron chi connectivity index (χ0n) is 22.8. The van der Waals surface area contributed by atoms with Gasteiger partial charge in [-0.05, 0) is 57.0 Å². The maximum Gasteiger partial charge on any atom is 0.198 e. The van der Waals surface area contributed by atoms with Gasteiger partial charge >= 0.3 is 0 Å². The van der Waals surface area contributed by atoms with Crippen LogP contribution in [0.1, 0.15) is 82.2 Å². The Hall–Kier alpha value is -3.54. The van der Waals surface area contributed by atoms with Crippen molar-refractivity contribution < 1.29 is 49.3 Å². The number of aliphatic hydroxyl groups is 2. The highest BCUT2D eigenvalue weighted by atomic mass is 16.7. The number of ether oxygens (including phenoxy) is 3. The van der Waals surface area contributed by atoms with Gasteiger partial charge in [-0.15, -0.1) is 0 Å². The summed E-state index contributed by atoms with van der Waals surface area (Å²) in [6, 6.07) is 7.39. The Bertz CT molecular complexity index is 1580. The summed E-state index contributed by atoms with van der Waals surface area (Å²) in [5, 5.41) is 54.1. The lowest BCUT2D eigenvalue weighted by Gasteiger charge is -2.41. The Morgan fingerprint density at radius 2 is 1.54 bits per heavy atom. The SMILES string of the molecule is Cc1cc(O)c2cc3c(c(O)c2c1)C(=O)c1ccc([C@H]2C[C@@H](O[C@@H]4CC[C@@H](O)[C@@H](C)O4)[C@H](O)[C@@H](C)O2)c(O)c1C3=O. The molecule has 2 heterocycles. The maximum atomic E-state index is 13.7. The van der Waals surface area contributed by atoms with Crippen molar-refractivity contribution in [3.63, 3.8) is 0 Å². The van der Waals surface area contributed by atoms with E-state index in [1.54, 1.807) is 26.8 Å². The summed E-state index contributed by atoms with van der Waals surface area (Å²) in [5.74, 6) is -2.29. The fourth-order valence-electron chi connectivity index (χ4n) is 6.19. The highest BCUT2D eigenvalue weighted by molar-refractivity contribution is 6.32. The molecule has 216 valence electrons. The van der Waals surface area contributed by atoms with Crippen molar-refractivity contribution in [2.24, 2.45) is 0 Å². The number of ketones is 2. The molecule has 0 saturated carbocycles. The van der Waals surface area contributed by atoms with E-state index < -0.39 is 66.0 Å². The van der Waals surface area contributed by atoms with Crippen LogP contribution < -0.4 is 0 Å². The zero-order chi connectivity index (χ0) is 29.3. The van der Waals surface area contributed by atoms with Gasteiger partial charge in [0.1, 0.15) is 23.4 Å². The summed E-state index contributed by atoms with van der Waals surface area (Å²) in [6.07, 6.45) is -3.74. The molecule has 5 N–H and O–H groups in total. The second kappa shape index (κ2) is 10.1. The maximum absolute atomic E-state index is 13.7. The molecule has 1 aliphatic carbocycles. The van der Waals surface area contributed by atoms with Gasteiger partial charge in [-0.1, -0.05) is 6.07 Å². The van der Waals surface area contributed by atoms with Crippen LogP contribution in [0.25, 0.3) is 10.8 Å². The Labute approximate surface area is 235 Å². The van der Waals surface area contributed by atoms with Gasteiger partial charge in [-0.3, -0.25) is 9.59 Å². The Balaban J connectivity index is 1.35. The van der Waals surface area contributed by atoms with E-state index in [1.807, 2.05) is 0 Å². The van der Waals surface area contributed by atoms with E-state index in [4.69, 9.17) is 14.2 Å². The second-order valence-electron chi connectivity index (χ2n) is 11.3. The zero-order valence-corrected chi connectivity index (χ0v) is 22.8. The molecule has 10 nitrogen and oxygen atoms in total. The van der Waals surface area contributed by atoms with Crippen LogP contribution in [-0.4, -0.2) is 73.9 Å². The fraction of sp³-hybridized carbons (Fsp3) is 0.419. The van der Waals surface area contributed by atoms with E-state index in [0.717, 1.165) is 0 Å². The molecular formula is C31H32O10. The van der Waals surface area contributed by atoms with Gasteiger partial charge in [0.2, 0.25) is 0 Å². The summed E-state index contributed by atoms with van der Waals surface area (Å²) in [5.41, 5.74) is 0.326. The van der Waals surface area contributed by atoms with Crippen LogP contribution in [0, 0.1) is 6.92 Å². The van der Waals surface area contributed by atoms with Crippen molar-refractivity contribution in [1.82, 2.24) is 0 Å². The van der Waals surface area contributed by atoms with Crippen molar-refractivity contribution in [3.05, 3.63) is 63.7 Å². The largest absolute Gasteiger partial charge is 0.507 e. The quantitative estimate of drug-likeness (QED) is 0.249. The van der Waals surface area contributed by atoms with E-state index >= 15 is 0 Å². The lowest BCUT2D eigenvalue weighted by atomic mass is 9.79. The number of hydrogen-bond donors (Lipinski definition) is 5. The Morgan fingerprint density at radius 1 is 0.829 bits per heavy atom. The molecular weight excluding hydrogens is 532 g/mol. The van der Waals surface area contributed by atoms with E-state index in [-0.39, 0.29) is 50.8 Å². The number of carbonyl (C=O) groups is 2. The average Bonchev–Trinajstić information content (AvgIpc) is 2.92. The molecule has 0 unspecified atom stereocenters. The molecule has 2 aliphatic heterocycles. The third-order valence-corrected chi connectivity index (χ3v) is 8.47. The monoisotopic (exact) mass is 564 g/mol. The highest BCUT2D eigenvalue weighted by Crippen LogP contribution is 2.46. The highest BCUT2D eigenvalue weighted by Gasteiger charge is 2.42.